The average molecular weight is 393 g/mol. The Morgan fingerprint density at radius 2 is 1.93 bits per heavy atom. The lowest BCUT2D eigenvalue weighted by atomic mass is 10.1. The molecule has 6 heteroatoms. The van der Waals surface area contributed by atoms with Gasteiger partial charge in [0.25, 0.3) is 5.91 Å². The van der Waals surface area contributed by atoms with Crippen LogP contribution in [0.15, 0.2) is 59.2 Å². The molecule has 0 aliphatic heterocycles. The number of anilines is 1. The summed E-state index contributed by atoms with van der Waals surface area (Å²) in [6.07, 6.45) is 3.90. The molecule has 1 fully saturated rings. The fourth-order valence-corrected chi connectivity index (χ4v) is 3.29. The minimum Gasteiger partial charge on any atom is -0.447 e. The van der Waals surface area contributed by atoms with Crippen molar-refractivity contribution in [1.29, 1.82) is 0 Å². The predicted molar refractivity (Wildman–Crippen MR) is 109 cm³/mol. The number of halogens is 1. The topological polar surface area (TPSA) is 58.4 Å². The molecule has 1 heterocycles. The second kappa shape index (κ2) is 8.57. The fourth-order valence-electron chi connectivity index (χ4n) is 3.29. The van der Waals surface area contributed by atoms with Crippen LogP contribution in [0, 0.1) is 18.7 Å². The lowest BCUT2D eigenvalue weighted by Gasteiger charge is -2.21. The maximum atomic E-state index is 13.0. The van der Waals surface area contributed by atoms with Crippen molar-refractivity contribution < 1.29 is 13.6 Å². The first-order chi connectivity index (χ1) is 14.1. The number of benzene rings is 2. The summed E-state index contributed by atoms with van der Waals surface area (Å²) in [6.45, 7) is 4.48. The van der Waals surface area contributed by atoms with Crippen molar-refractivity contribution in [3.05, 3.63) is 83.3 Å². The van der Waals surface area contributed by atoms with E-state index in [1.807, 2.05) is 6.07 Å². The minimum absolute atomic E-state index is 0.214. The van der Waals surface area contributed by atoms with E-state index in [9.17, 15) is 9.18 Å². The molecule has 0 unspecified atom stereocenters. The third-order valence-corrected chi connectivity index (χ3v) is 5.11. The monoisotopic (exact) mass is 393 g/mol. The van der Waals surface area contributed by atoms with Gasteiger partial charge in [0.05, 0.1) is 6.54 Å². The molecule has 1 N–H and O–H groups in total. The van der Waals surface area contributed by atoms with E-state index in [4.69, 9.17) is 4.42 Å². The van der Waals surface area contributed by atoms with Crippen molar-refractivity contribution in [2.75, 3.05) is 11.9 Å². The van der Waals surface area contributed by atoms with E-state index in [1.54, 1.807) is 0 Å². The van der Waals surface area contributed by atoms with E-state index < -0.39 is 0 Å². The number of aryl methyl sites for hydroxylation is 1. The summed E-state index contributed by atoms with van der Waals surface area (Å²) in [4.78, 5) is 19.1. The molecule has 2 aromatic carbocycles. The van der Waals surface area contributed by atoms with Crippen LogP contribution in [-0.4, -0.2) is 22.3 Å². The van der Waals surface area contributed by atoms with Crippen LogP contribution in [0.25, 0.3) is 0 Å². The Morgan fingerprint density at radius 3 is 2.66 bits per heavy atom. The fraction of sp³-hybridized carbons (Fsp3) is 0.304. The van der Waals surface area contributed by atoms with Crippen molar-refractivity contribution in [2.45, 2.75) is 32.9 Å². The van der Waals surface area contributed by atoms with Gasteiger partial charge in [-0.3, -0.25) is 9.69 Å². The van der Waals surface area contributed by atoms with Gasteiger partial charge in [0, 0.05) is 18.8 Å². The Morgan fingerprint density at radius 1 is 1.17 bits per heavy atom. The van der Waals surface area contributed by atoms with Crippen LogP contribution < -0.4 is 5.32 Å². The molecule has 3 aromatic rings. The van der Waals surface area contributed by atoms with Crippen molar-refractivity contribution in [2.24, 2.45) is 5.92 Å². The quantitative estimate of drug-likeness (QED) is 0.598. The van der Waals surface area contributed by atoms with Gasteiger partial charge in [-0.2, -0.15) is 0 Å². The number of aromatic nitrogens is 1. The summed E-state index contributed by atoms with van der Waals surface area (Å²) in [5.74, 6) is 0.522. The van der Waals surface area contributed by atoms with Crippen LogP contribution in [0.5, 0.6) is 0 Å². The third kappa shape index (κ3) is 5.29. The van der Waals surface area contributed by atoms with Gasteiger partial charge in [0.15, 0.2) is 5.69 Å². The number of nitrogens with one attached hydrogen (secondary N) is 1. The number of carbonyl (C=O) groups excluding carboxylic acids is 1. The molecule has 0 saturated heterocycles. The molecule has 4 rings (SSSR count). The summed E-state index contributed by atoms with van der Waals surface area (Å²) in [7, 11) is 0. The Hall–Kier alpha value is -2.99. The smallest absolute Gasteiger partial charge is 0.277 e. The zero-order valence-electron chi connectivity index (χ0n) is 16.4. The van der Waals surface area contributed by atoms with Gasteiger partial charge >= 0.3 is 0 Å². The molecule has 29 heavy (non-hydrogen) atoms. The SMILES string of the molecule is Cc1ccccc1CN(Cc1nc(C(=O)Nc2ccc(F)cc2)co1)CC1CC1. The molecular weight excluding hydrogens is 369 g/mol. The molecule has 1 aromatic heterocycles. The molecule has 0 bridgehead atoms. The normalized spacial score (nSPS) is 13.6. The van der Waals surface area contributed by atoms with Crippen LogP contribution in [0.3, 0.4) is 0 Å². The molecule has 1 aliphatic rings. The maximum absolute atomic E-state index is 13.0. The first kappa shape index (κ1) is 19.3. The zero-order valence-corrected chi connectivity index (χ0v) is 16.4. The van der Waals surface area contributed by atoms with Gasteiger partial charge in [0.2, 0.25) is 5.89 Å². The van der Waals surface area contributed by atoms with E-state index in [0.29, 0.717) is 18.1 Å². The number of amides is 1. The molecular formula is C23H24FN3O2. The van der Waals surface area contributed by atoms with E-state index in [1.165, 1.54) is 54.5 Å². The highest BCUT2D eigenvalue weighted by Gasteiger charge is 2.25. The first-order valence-corrected chi connectivity index (χ1v) is 9.85. The standard InChI is InChI=1S/C23H24FN3O2/c1-16-4-2-3-5-18(16)13-27(12-17-6-7-17)14-22-26-21(15-29-22)23(28)25-20-10-8-19(24)9-11-20/h2-5,8-11,15,17H,6-7,12-14H2,1H3,(H,25,28). The van der Waals surface area contributed by atoms with Gasteiger partial charge in [-0.15, -0.1) is 0 Å². The Labute approximate surface area is 169 Å². The first-order valence-electron chi connectivity index (χ1n) is 9.85. The van der Waals surface area contributed by atoms with Gasteiger partial charge in [0.1, 0.15) is 12.1 Å². The number of carbonyl (C=O) groups is 1. The molecule has 150 valence electrons. The molecule has 1 aliphatic carbocycles. The minimum atomic E-state index is -0.376. The Balaban J connectivity index is 1.41. The maximum Gasteiger partial charge on any atom is 0.277 e. The summed E-state index contributed by atoms with van der Waals surface area (Å²) >= 11 is 0. The second-order valence-electron chi connectivity index (χ2n) is 7.63. The number of rotatable bonds is 8. The highest BCUT2D eigenvalue weighted by molar-refractivity contribution is 6.02. The van der Waals surface area contributed by atoms with E-state index >= 15 is 0 Å². The molecule has 1 saturated carbocycles. The highest BCUT2D eigenvalue weighted by Crippen LogP contribution is 2.31. The van der Waals surface area contributed by atoms with Crippen LogP contribution in [0.4, 0.5) is 10.1 Å². The lowest BCUT2D eigenvalue weighted by molar-refractivity contribution is 0.102. The van der Waals surface area contributed by atoms with Gasteiger partial charge in [-0.1, -0.05) is 24.3 Å². The predicted octanol–water partition coefficient (Wildman–Crippen LogP) is 4.79. The van der Waals surface area contributed by atoms with Gasteiger partial charge in [-0.05, 0) is 61.1 Å². The van der Waals surface area contributed by atoms with Gasteiger partial charge in [-0.25, -0.2) is 9.37 Å². The second-order valence-corrected chi connectivity index (χ2v) is 7.63. The van der Waals surface area contributed by atoms with Crippen LogP contribution in [-0.2, 0) is 13.1 Å². The lowest BCUT2D eigenvalue weighted by Crippen LogP contribution is -2.26. The summed E-state index contributed by atoms with van der Waals surface area (Å²) < 4.78 is 18.6. The largest absolute Gasteiger partial charge is 0.447 e. The number of oxazole rings is 1. The number of hydrogen-bond acceptors (Lipinski definition) is 4. The van der Waals surface area contributed by atoms with E-state index in [-0.39, 0.29) is 17.4 Å². The van der Waals surface area contributed by atoms with Crippen LogP contribution >= 0.6 is 0 Å². The number of nitrogens with zero attached hydrogens (tertiary/aromatic N) is 2. The summed E-state index contributed by atoms with van der Waals surface area (Å²) in [5, 5.41) is 2.70. The third-order valence-electron chi connectivity index (χ3n) is 5.11. The molecule has 5 nitrogen and oxygen atoms in total. The Bertz CT molecular complexity index is 980. The molecule has 1 amide bonds. The molecule has 0 atom stereocenters. The summed E-state index contributed by atoms with van der Waals surface area (Å²) in [5.41, 5.74) is 3.27. The highest BCUT2D eigenvalue weighted by atomic mass is 19.1. The molecule has 0 radical (unpaired) electrons. The Kier molecular flexibility index (Phi) is 5.71. The summed E-state index contributed by atoms with van der Waals surface area (Å²) in [6, 6.07) is 14.0. The number of hydrogen-bond donors (Lipinski definition) is 1. The van der Waals surface area contributed by atoms with E-state index in [2.05, 4.69) is 40.3 Å². The zero-order chi connectivity index (χ0) is 20.2. The van der Waals surface area contributed by atoms with Crippen molar-refractivity contribution in [1.82, 2.24) is 9.88 Å². The average Bonchev–Trinajstić information content (AvgIpc) is 3.40. The van der Waals surface area contributed by atoms with Gasteiger partial charge < -0.3 is 9.73 Å². The van der Waals surface area contributed by atoms with Crippen LogP contribution in [0.1, 0.15) is 40.3 Å². The van der Waals surface area contributed by atoms with Crippen molar-refractivity contribution >= 4 is 11.6 Å². The van der Waals surface area contributed by atoms with Crippen LogP contribution in [0.2, 0.25) is 0 Å². The molecule has 0 spiro atoms. The van der Waals surface area contributed by atoms with Crippen molar-refractivity contribution in [3.63, 3.8) is 0 Å². The van der Waals surface area contributed by atoms with E-state index in [0.717, 1.165) is 19.0 Å². The van der Waals surface area contributed by atoms with Crippen molar-refractivity contribution in [3.8, 4) is 0 Å².